The summed E-state index contributed by atoms with van der Waals surface area (Å²) in [6.07, 6.45) is 0. The number of rotatable bonds is 4. The molecule has 0 aliphatic carbocycles. The van der Waals surface area contributed by atoms with Gasteiger partial charge in [0.05, 0.1) is 7.11 Å². The van der Waals surface area contributed by atoms with Crippen LogP contribution in [0, 0.1) is 0 Å². The van der Waals surface area contributed by atoms with E-state index in [1.165, 1.54) is 0 Å². The van der Waals surface area contributed by atoms with E-state index in [9.17, 15) is 0 Å². The summed E-state index contributed by atoms with van der Waals surface area (Å²) in [5.41, 5.74) is 7.43. The standard InChI is InChI=1S/C15H24N4O2/c1-11-9-19(7-6-18(11)2)10-13-8-12(15(16)17-20)4-5-14(13)21-3/h4-5,8,11,20H,6-7,9-10H2,1-3H3,(H2,16,17). The van der Waals surface area contributed by atoms with Crippen LogP contribution in [0.4, 0.5) is 0 Å². The van der Waals surface area contributed by atoms with Crippen LogP contribution in [0.3, 0.4) is 0 Å². The molecule has 1 aliphatic rings. The van der Waals surface area contributed by atoms with Gasteiger partial charge in [-0.2, -0.15) is 0 Å². The van der Waals surface area contributed by atoms with Crippen LogP contribution in [0.5, 0.6) is 5.75 Å². The van der Waals surface area contributed by atoms with Gasteiger partial charge in [0, 0.05) is 43.3 Å². The lowest BCUT2D eigenvalue weighted by molar-refractivity contribution is 0.0993. The van der Waals surface area contributed by atoms with Gasteiger partial charge in [-0.25, -0.2) is 0 Å². The molecule has 1 aromatic carbocycles. The molecule has 0 amide bonds. The van der Waals surface area contributed by atoms with Crippen molar-refractivity contribution < 1.29 is 9.94 Å². The number of benzene rings is 1. The molecular weight excluding hydrogens is 268 g/mol. The normalized spacial score (nSPS) is 21.5. The van der Waals surface area contributed by atoms with Crippen LogP contribution in [-0.4, -0.2) is 60.7 Å². The smallest absolute Gasteiger partial charge is 0.170 e. The zero-order valence-electron chi connectivity index (χ0n) is 12.9. The van der Waals surface area contributed by atoms with E-state index in [1.54, 1.807) is 13.2 Å². The Kier molecular flexibility index (Phi) is 5.03. The SMILES string of the molecule is COc1ccc(/C(N)=N/O)cc1CN1CCN(C)C(C)C1. The van der Waals surface area contributed by atoms with E-state index in [1.807, 2.05) is 12.1 Å². The molecule has 1 fully saturated rings. The molecule has 1 heterocycles. The lowest BCUT2D eigenvalue weighted by atomic mass is 10.1. The minimum Gasteiger partial charge on any atom is -0.496 e. The van der Waals surface area contributed by atoms with E-state index in [0.29, 0.717) is 11.6 Å². The number of hydrogen-bond donors (Lipinski definition) is 2. The van der Waals surface area contributed by atoms with Gasteiger partial charge >= 0.3 is 0 Å². The first-order chi connectivity index (χ1) is 10.0. The molecule has 0 aromatic heterocycles. The van der Waals surface area contributed by atoms with Gasteiger partial charge in [0.2, 0.25) is 0 Å². The predicted octanol–water partition coefficient (Wildman–Crippen LogP) is 0.926. The Morgan fingerprint density at radius 1 is 1.48 bits per heavy atom. The monoisotopic (exact) mass is 292 g/mol. The van der Waals surface area contributed by atoms with E-state index < -0.39 is 0 Å². The molecule has 1 unspecified atom stereocenters. The third-order valence-electron chi connectivity index (χ3n) is 4.12. The zero-order chi connectivity index (χ0) is 15.4. The molecule has 0 saturated carbocycles. The number of amidine groups is 1. The summed E-state index contributed by atoms with van der Waals surface area (Å²) in [6, 6.07) is 6.13. The molecule has 0 spiro atoms. The lowest BCUT2D eigenvalue weighted by Gasteiger charge is -2.37. The first-order valence-corrected chi connectivity index (χ1v) is 7.12. The predicted molar refractivity (Wildman–Crippen MR) is 82.9 cm³/mol. The third-order valence-corrected chi connectivity index (χ3v) is 4.12. The van der Waals surface area contributed by atoms with Gasteiger partial charge in [-0.05, 0) is 32.2 Å². The number of piperazine rings is 1. The summed E-state index contributed by atoms with van der Waals surface area (Å²) < 4.78 is 5.42. The maximum Gasteiger partial charge on any atom is 0.170 e. The summed E-state index contributed by atoms with van der Waals surface area (Å²) in [5, 5.41) is 11.9. The van der Waals surface area contributed by atoms with Crippen molar-refractivity contribution >= 4 is 5.84 Å². The molecule has 1 saturated heterocycles. The van der Waals surface area contributed by atoms with Gasteiger partial charge in [-0.1, -0.05) is 5.16 Å². The first kappa shape index (κ1) is 15.6. The molecule has 3 N–H and O–H groups in total. The van der Waals surface area contributed by atoms with Crippen molar-refractivity contribution in [1.29, 1.82) is 0 Å². The van der Waals surface area contributed by atoms with Crippen LogP contribution in [-0.2, 0) is 6.54 Å². The fourth-order valence-corrected chi connectivity index (χ4v) is 2.63. The van der Waals surface area contributed by atoms with Crippen molar-refractivity contribution in [2.45, 2.75) is 19.5 Å². The van der Waals surface area contributed by atoms with Gasteiger partial charge in [0.1, 0.15) is 5.75 Å². The molecule has 1 atom stereocenters. The largest absolute Gasteiger partial charge is 0.496 e. The number of likely N-dealkylation sites (N-methyl/N-ethyl adjacent to an activating group) is 1. The van der Waals surface area contributed by atoms with Gasteiger partial charge in [-0.3, -0.25) is 4.90 Å². The van der Waals surface area contributed by atoms with Gasteiger partial charge in [0.25, 0.3) is 0 Å². The molecular formula is C15H24N4O2. The van der Waals surface area contributed by atoms with Crippen LogP contribution >= 0.6 is 0 Å². The molecule has 1 aliphatic heterocycles. The molecule has 116 valence electrons. The minimum absolute atomic E-state index is 0.116. The van der Waals surface area contributed by atoms with E-state index in [0.717, 1.165) is 37.5 Å². The number of methoxy groups -OCH3 is 1. The van der Waals surface area contributed by atoms with Gasteiger partial charge in [0.15, 0.2) is 5.84 Å². The van der Waals surface area contributed by atoms with Crippen LogP contribution in [0.1, 0.15) is 18.1 Å². The Hall–Kier alpha value is -1.79. The fraction of sp³-hybridized carbons (Fsp3) is 0.533. The van der Waals surface area contributed by atoms with Crippen molar-refractivity contribution in [1.82, 2.24) is 9.80 Å². The maximum absolute atomic E-state index is 8.81. The number of nitrogens with two attached hydrogens (primary N) is 1. The van der Waals surface area contributed by atoms with Crippen molar-refractivity contribution in [2.24, 2.45) is 10.9 Å². The molecule has 6 heteroatoms. The van der Waals surface area contributed by atoms with E-state index in [2.05, 4.69) is 28.9 Å². The van der Waals surface area contributed by atoms with Crippen molar-refractivity contribution in [3.8, 4) is 5.75 Å². The summed E-state index contributed by atoms with van der Waals surface area (Å²) in [7, 11) is 3.82. The third kappa shape index (κ3) is 3.65. The quantitative estimate of drug-likeness (QED) is 0.374. The second-order valence-electron chi connectivity index (χ2n) is 5.58. The summed E-state index contributed by atoms with van der Waals surface area (Å²) in [6.45, 7) is 6.14. The van der Waals surface area contributed by atoms with Crippen molar-refractivity contribution in [3.63, 3.8) is 0 Å². The van der Waals surface area contributed by atoms with Crippen LogP contribution in [0.25, 0.3) is 0 Å². The summed E-state index contributed by atoms with van der Waals surface area (Å²) in [5.74, 6) is 0.946. The number of hydrogen-bond acceptors (Lipinski definition) is 5. The number of oxime groups is 1. The highest BCUT2D eigenvalue weighted by Crippen LogP contribution is 2.23. The Balaban J connectivity index is 2.18. The first-order valence-electron chi connectivity index (χ1n) is 7.12. The number of ether oxygens (including phenoxy) is 1. The maximum atomic E-state index is 8.81. The number of nitrogens with zero attached hydrogens (tertiary/aromatic N) is 3. The zero-order valence-corrected chi connectivity index (χ0v) is 12.9. The topological polar surface area (TPSA) is 74.3 Å². The molecule has 1 aromatic rings. The Morgan fingerprint density at radius 3 is 2.86 bits per heavy atom. The van der Waals surface area contributed by atoms with Crippen molar-refractivity contribution in [3.05, 3.63) is 29.3 Å². The van der Waals surface area contributed by atoms with E-state index >= 15 is 0 Å². The van der Waals surface area contributed by atoms with Gasteiger partial charge < -0.3 is 20.6 Å². The highest BCUT2D eigenvalue weighted by molar-refractivity contribution is 5.97. The summed E-state index contributed by atoms with van der Waals surface area (Å²) in [4.78, 5) is 4.76. The average Bonchev–Trinajstić information content (AvgIpc) is 2.50. The highest BCUT2D eigenvalue weighted by Gasteiger charge is 2.21. The lowest BCUT2D eigenvalue weighted by Crippen LogP contribution is -2.49. The summed E-state index contributed by atoms with van der Waals surface area (Å²) >= 11 is 0. The molecule has 0 radical (unpaired) electrons. The Morgan fingerprint density at radius 2 is 2.24 bits per heavy atom. The fourth-order valence-electron chi connectivity index (χ4n) is 2.63. The molecule has 0 bridgehead atoms. The average molecular weight is 292 g/mol. The molecule has 21 heavy (non-hydrogen) atoms. The highest BCUT2D eigenvalue weighted by atomic mass is 16.5. The minimum atomic E-state index is 0.116. The molecule has 6 nitrogen and oxygen atoms in total. The van der Waals surface area contributed by atoms with Crippen LogP contribution < -0.4 is 10.5 Å². The second kappa shape index (κ2) is 6.78. The Bertz CT molecular complexity index is 518. The second-order valence-corrected chi connectivity index (χ2v) is 5.58. The van der Waals surface area contributed by atoms with Crippen LogP contribution in [0.15, 0.2) is 23.4 Å². The van der Waals surface area contributed by atoms with Gasteiger partial charge in [-0.15, -0.1) is 0 Å². The van der Waals surface area contributed by atoms with Crippen LogP contribution in [0.2, 0.25) is 0 Å². The molecule has 2 rings (SSSR count). The van der Waals surface area contributed by atoms with E-state index in [4.69, 9.17) is 15.7 Å². The van der Waals surface area contributed by atoms with Crippen molar-refractivity contribution in [2.75, 3.05) is 33.8 Å². The van der Waals surface area contributed by atoms with E-state index in [-0.39, 0.29) is 5.84 Å². The Labute approximate surface area is 125 Å².